The van der Waals surface area contributed by atoms with Crippen LogP contribution in [0.25, 0.3) is 0 Å². The SMILES string of the molecule is CCCCCCCc1c(C(C)C)nc2n(c1=O)N=C(C(C)C)C2=Nc1ccc(N(CC)CC)cc1OC. The Labute approximate surface area is 222 Å². The number of hydrogen-bond acceptors (Lipinski definition) is 6. The first kappa shape index (κ1) is 28.6. The van der Waals surface area contributed by atoms with Gasteiger partial charge in [0.1, 0.15) is 17.1 Å². The summed E-state index contributed by atoms with van der Waals surface area (Å²) in [5, 5.41) is 4.75. The van der Waals surface area contributed by atoms with Crippen LogP contribution in [0.2, 0.25) is 0 Å². The molecule has 7 heteroatoms. The Morgan fingerprint density at radius 3 is 2.30 bits per heavy atom. The minimum atomic E-state index is -0.0589. The molecule has 0 fully saturated rings. The maximum absolute atomic E-state index is 13.7. The van der Waals surface area contributed by atoms with Gasteiger partial charge in [0.15, 0.2) is 5.82 Å². The number of aromatic nitrogens is 2. The van der Waals surface area contributed by atoms with Crippen molar-refractivity contribution in [2.24, 2.45) is 16.0 Å². The second-order valence-electron chi connectivity index (χ2n) is 10.4. The molecule has 3 rings (SSSR count). The summed E-state index contributed by atoms with van der Waals surface area (Å²) in [6.07, 6.45) is 6.51. The summed E-state index contributed by atoms with van der Waals surface area (Å²) in [5.41, 5.74) is 4.82. The van der Waals surface area contributed by atoms with E-state index in [1.54, 1.807) is 7.11 Å². The third-order valence-electron chi connectivity index (χ3n) is 7.00. The molecule has 1 aliphatic rings. The molecule has 7 nitrogen and oxygen atoms in total. The molecule has 1 aromatic carbocycles. The van der Waals surface area contributed by atoms with E-state index in [1.807, 2.05) is 12.1 Å². The molecule has 0 radical (unpaired) electrons. The van der Waals surface area contributed by atoms with Crippen molar-refractivity contribution in [1.82, 2.24) is 9.66 Å². The molecule has 0 saturated carbocycles. The van der Waals surface area contributed by atoms with E-state index in [2.05, 4.69) is 59.4 Å². The number of fused-ring (bicyclic) bond motifs is 1. The van der Waals surface area contributed by atoms with E-state index in [0.717, 1.165) is 55.0 Å². The molecule has 1 aromatic heterocycles. The summed E-state index contributed by atoms with van der Waals surface area (Å²) in [4.78, 5) is 26.0. The molecule has 0 N–H and O–H groups in total. The Hall–Kier alpha value is -2.96. The molecule has 0 unspecified atom stereocenters. The van der Waals surface area contributed by atoms with Gasteiger partial charge in [-0.15, -0.1) is 0 Å². The largest absolute Gasteiger partial charge is 0.494 e. The van der Waals surface area contributed by atoms with Crippen LogP contribution in [0, 0.1) is 5.92 Å². The van der Waals surface area contributed by atoms with Crippen LogP contribution in [0.3, 0.4) is 0 Å². The third kappa shape index (κ3) is 6.31. The number of ether oxygens (including phenoxy) is 1. The van der Waals surface area contributed by atoms with Crippen molar-refractivity contribution in [3.05, 3.63) is 45.6 Å². The van der Waals surface area contributed by atoms with Crippen LogP contribution < -0.4 is 15.2 Å². The van der Waals surface area contributed by atoms with Crippen molar-refractivity contribution in [3.8, 4) is 5.75 Å². The lowest BCUT2D eigenvalue weighted by Gasteiger charge is -2.22. The summed E-state index contributed by atoms with van der Waals surface area (Å²) in [6.45, 7) is 16.7. The van der Waals surface area contributed by atoms with Crippen LogP contribution in [0.1, 0.15) is 104 Å². The first-order chi connectivity index (χ1) is 17.8. The van der Waals surface area contributed by atoms with E-state index in [9.17, 15) is 4.79 Å². The number of benzene rings is 1. The normalized spacial score (nSPS) is 14.0. The van der Waals surface area contributed by atoms with E-state index < -0.39 is 0 Å². The van der Waals surface area contributed by atoms with Gasteiger partial charge >= 0.3 is 0 Å². The monoisotopic (exact) mass is 507 g/mol. The van der Waals surface area contributed by atoms with Gasteiger partial charge in [0.2, 0.25) is 0 Å². The zero-order valence-corrected chi connectivity index (χ0v) is 24.1. The Bertz CT molecular complexity index is 1190. The Balaban J connectivity index is 2.10. The molecule has 37 heavy (non-hydrogen) atoms. The molecule has 0 saturated heterocycles. The van der Waals surface area contributed by atoms with E-state index in [-0.39, 0.29) is 17.4 Å². The number of methoxy groups -OCH3 is 1. The van der Waals surface area contributed by atoms with Gasteiger partial charge < -0.3 is 9.64 Å². The van der Waals surface area contributed by atoms with Crippen molar-refractivity contribution >= 4 is 22.8 Å². The van der Waals surface area contributed by atoms with Crippen LogP contribution >= 0.6 is 0 Å². The maximum Gasteiger partial charge on any atom is 0.277 e. The standard InChI is InChI=1S/C30H45N5O2/c1-9-12-13-14-15-16-23-26(20(4)5)32-29-28(27(21(6)7)33-35(29)30(23)36)31-24-18-17-22(19-25(24)37-8)34(10-2)11-3/h17-21H,9-16H2,1-8H3. The molecule has 1 aliphatic heterocycles. The van der Waals surface area contributed by atoms with E-state index in [4.69, 9.17) is 19.8 Å². The lowest BCUT2D eigenvalue weighted by atomic mass is 9.98. The highest BCUT2D eigenvalue weighted by atomic mass is 16.5. The zero-order valence-electron chi connectivity index (χ0n) is 24.1. The topological polar surface area (TPSA) is 72.1 Å². The quantitative estimate of drug-likeness (QED) is 0.282. The first-order valence-corrected chi connectivity index (χ1v) is 14.0. The minimum absolute atomic E-state index is 0.0589. The predicted octanol–water partition coefficient (Wildman–Crippen LogP) is 6.73. The number of rotatable bonds is 13. The Morgan fingerprint density at radius 1 is 1.00 bits per heavy atom. The summed E-state index contributed by atoms with van der Waals surface area (Å²) in [6, 6.07) is 6.07. The van der Waals surface area contributed by atoms with Gasteiger partial charge in [-0.2, -0.15) is 9.78 Å². The molecule has 2 heterocycles. The number of nitrogens with zero attached hydrogens (tertiary/aromatic N) is 5. The smallest absolute Gasteiger partial charge is 0.277 e. The van der Waals surface area contributed by atoms with Crippen LogP contribution in [0.4, 0.5) is 11.4 Å². The summed E-state index contributed by atoms with van der Waals surface area (Å²) in [7, 11) is 1.66. The van der Waals surface area contributed by atoms with E-state index >= 15 is 0 Å². The van der Waals surface area contributed by atoms with Crippen LogP contribution in [-0.2, 0) is 6.42 Å². The third-order valence-corrected chi connectivity index (χ3v) is 7.00. The van der Waals surface area contributed by atoms with Gasteiger partial charge in [0.05, 0.1) is 18.5 Å². The van der Waals surface area contributed by atoms with Crippen LogP contribution in [0.15, 0.2) is 33.1 Å². The fourth-order valence-corrected chi connectivity index (χ4v) is 4.86. The lowest BCUT2D eigenvalue weighted by molar-refractivity contribution is 0.416. The average molecular weight is 508 g/mol. The van der Waals surface area contributed by atoms with Crippen molar-refractivity contribution in [1.29, 1.82) is 0 Å². The lowest BCUT2D eigenvalue weighted by Crippen LogP contribution is -2.28. The van der Waals surface area contributed by atoms with E-state index in [1.165, 1.54) is 23.9 Å². The fourth-order valence-electron chi connectivity index (χ4n) is 4.86. The number of anilines is 1. The van der Waals surface area contributed by atoms with Gasteiger partial charge in [-0.05, 0) is 50.7 Å². The van der Waals surface area contributed by atoms with Gasteiger partial charge in [0, 0.05) is 30.4 Å². The number of unbranched alkanes of at least 4 members (excludes halogenated alkanes) is 4. The maximum atomic E-state index is 13.7. The fraction of sp³-hybridized carbons (Fsp3) is 0.600. The van der Waals surface area contributed by atoms with Crippen molar-refractivity contribution in [3.63, 3.8) is 0 Å². The predicted molar refractivity (Wildman–Crippen MR) is 155 cm³/mol. The van der Waals surface area contributed by atoms with Gasteiger partial charge in [-0.1, -0.05) is 60.3 Å². The van der Waals surface area contributed by atoms with Crippen molar-refractivity contribution < 1.29 is 4.74 Å². The number of hydrogen-bond donors (Lipinski definition) is 0. The summed E-state index contributed by atoms with van der Waals surface area (Å²) in [5.74, 6) is 1.44. The van der Waals surface area contributed by atoms with Gasteiger partial charge in [0.25, 0.3) is 5.56 Å². The molecule has 0 bridgehead atoms. The number of aliphatic imine (C=N–C) groups is 1. The van der Waals surface area contributed by atoms with Crippen LogP contribution in [-0.4, -0.2) is 41.3 Å². The summed E-state index contributed by atoms with van der Waals surface area (Å²) < 4.78 is 7.22. The highest BCUT2D eigenvalue weighted by Gasteiger charge is 2.31. The second kappa shape index (κ2) is 13.0. The van der Waals surface area contributed by atoms with Crippen LogP contribution in [0.5, 0.6) is 5.75 Å². The van der Waals surface area contributed by atoms with Gasteiger partial charge in [-0.3, -0.25) is 4.79 Å². The molecule has 0 spiro atoms. The van der Waals surface area contributed by atoms with Crippen molar-refractivity contribution in [2.75, 3.05) is 25.1 Å². The highest BCUT2D eigenvalue weighted by molar-refractivity contribution is 6.49. The second-order valence-corrected chi connectivity index (χ2v) is 10.4. The molecular formula is C30H45N5O2. The Morgan fingerprint density at radius 2 is 1.70 bits per heavy atom. The average Bonchev–Trinajstić information content (AvgIpc) is 3.25. The Kier molecular flexibility index (Phi) is 10.1. The molecule has 202 valence electrons. The highest BCUT2D eigenvalue weighted by Crippen LogP contribution is 2.33. The first-order valence-electron chi connectivity index (χ1n) is 14.0. The van der Waals surface area contributed by atoms with E-state index in [0.29, 0.717) is 23.0 Å². The molecule has 0 aliphatic carbocycles. The summed E-state index contributed by atoms with van der Waals surface area (Å²) >= 11 is 0. The minimum Gasteiger partial charge on any atom is -0.494 e. The molecule has 0 atom stereocenters. The zero-order chi connectivity index (χ0) is 27.1. The van der Waals surface area contributed by atoms with Gasteiger partial charge in [-0.25, -0.2) is 9.98 Å². The molecule has 2 aromatic rings. The molecule has 0 amide bonds. The molecular weight excluding hydrogens is 462 g/mol. The van der Waals surface area contributed by atoms with Crippen molar-refractivity contribution in [2.45, 2.75) is 92.9 Å².